The third-order valence-electron chi connectivity index (χ3n) is 4.14. The van der Waals surface area contributed by atoms with Gasteiger partial charge < -0.3 is 0 Å². The number of aromatic nitrogens is 3. The van der Waals surface area contributed by atoms with Crippen molar-refractivity contribution in [2.24, 2.45) is 0 Å². The molecule has 2 aromatic heterocycles. The molecule has 1 aliphatic rings. The van der Waals surface area contributed by atoms with Crippen LogP contribution in [0.1, 0.15) is 67.1 Å². The van der Waals surface area contributed by atoms with Crippen molar-refractivity contribution in [1.29, 1.82) is 0 Å². The van der Waals surface area contributed by atoms with Crippen LogP contribution < -0.4 is 5.32 Å². The summed E-state index contributed by atoms with van der Waals surface area (Å²) in [5.41, 5.74) is 0. The summed E-state index contributed by atoms with van der Waals surface area (Å²) in [7, 11) is 0. The van der Waals surface area contributed by atoms with Gasteiger partial charge in [0.05, 0.1) is 6.04 Å². The Bertz CT molecular complexity index is 601. The Balaban J connectivity index is 1.75. The van der Waals surface area contributed by atoms with Gasteiger partial charge in [-0.15, -0.1) is 11.3 Å². The molecule has 2 aromatic rings. The standard InChI is InChI=1S/C16H24N4S/c1-4-12-8-9-14(21-12)11(3)17-13-7-6-10-20-16(13)18-15(5-2)19-20/h8-9,11,13,17H,4-7,10H2,1-3H3. The van der Waals surface area contributed by atoms with E-state index in [9.17, 15) is 0 Å². The molecule has 0 amide bonds. The van der Waals surface area contributed by atoms with Crippen LogP contribution in [0.25, 0.3) is 0 Å². The van der Waals surface area contributed by atoms with E-state index in [4.69, 9.17) is 4.98 Å². The van der Waals surface area contributed by atoms with Crippen LogP contribution in [0.5, 0.6) is 0 Å². The average molecular weight is 304 g/mol. The fourth-order valence-electron chi connectivity index (χ4n) is 2.91. The molecule has 0 aromatic carbocycles. The maximum atomic E-state index is 4.71. The minimum atomic E-state index is 0.328. The second-order valence-electron chi connectivity index (χ2n) is 5.70. The van der Waals surface area contributed by atoms with Crippen LogP contribution in [0, 0.1) is 0 Å². The Morgan fingerprint density at radius 2 is 2.24 bits per heavy atom. The highest BCUT2D eigenvalue weighted by Crippen LogP contribution is 2.29. The molecule has 1 N–H and O–H groups in total. The summed E-state index contributed by atoms with van der Waals surface area (Å²) in [6.45, 7) is 7.59. The zero-order valence-corrected chi connectivity index (χ0v) is 13.9. The highest BCUT2D eigenvalue weighted by atomic mass is 32.1. The summed E-state index contributed by atoms with van der Waals surface area (Å²) in [5.74, 6) is 2.09. The van der Waals surface area contributed by atoms with Crippen LogP contribution in [0.3, 0.4) is 0 Å². The number of nitrogens with zero attached hydrogens (tertiary/aromatic N) is 3. The van der Waals surface area contributed by atoms with E-state index in [0.717, 1.165) is 37.5 Å². The fraction of sp³-hybridized carbons (Fsp3) is 0.625. The van der Waals surface area contributed by atoms with Crippen LogP contribution in [0.4, 0.5) is 0 Å². The summed E-state index contributed by atoms with van der Waals surface area (Å²) in [6, 6.07) is 5.20. The van der Waals surface area contributed by atoms with Gasteiger partial charge in [-0.05, 0) is 38.3 Å². The molecule has 5 heteroatoms. The first-order valence-electron chi connectivity index (χ1n) is 7.99. The van der Waals surface area contributed by atoms with E-state index >= 15 is 0 Å². The molecule has 4 nitrogen and oxygen atoms in total. The van der Waals surface area contributed by atoms with E-state index in [1.165, 1.54) is 16.2 Å². The molecule has 0 fully saturated rings. The lowest BCUT2D eigenvalue weighted by molar-refractivity contribution is 0.345. The van der Waals surface area contributed by atoms with Crippen molar-refractivity contribution in [3.63, 3.8) is 0 Å². The third-order valence-corrected chi connectivity index (χ3v) is 5.56. The first kappa shape index (κ1) is 14.7. The van der Waals surface area contributed by atoms with Crippen molar-refractivity contribution < 1.29 is 0 Å². The van der Waals surface area contributed by atoms with E-state index in [2.05, 4.69) is 48.0 Å². The molecule has 3 rings (SSSR count). The Morgan fingerprint density at radius 3 is 2.95 bits per heavy atom. The Labute approximate surface area is 130 Å². The predicted octanol–water partition coefficient (Wildman–Crippen LogP) is 3.65. The molecule has 0 radical (unpaired) electrons. The van der Waals surface area contributed by atoms with E-state index in [1.54, 1.807) is 0 Å². The summed E-state index contributed by atoms with van der Waals surface area (Å²) in [5, 5.41) is 8.34. The van der Waals surface area contributed by atoms with Crippen molar-refractivity contribution >= 4 is 11.3 Å². The maximum absolute atomic E-state index is 4.71. The molecule has 2 unspecified atom stereocenters. The van der Waals surface area contributed by atoms with Crippen molar-refractivity contribution in [2.45, 2.75) is 65.1 Å². The summed E-state index contributed by atoms with van der Waals surface area (Å²) in [4.78, 5) is 7.58. The predicted molar refractivity (Wildman–Crippen MR) is 86.6 cm³/mol. The lowest BCUT2D eigenvalue weighted by Crippen LogP contribution is -2.30. The smallest absolute Gasteiger partial charge is 0.150 e. The first-order valence-corrected chi connectivity index (χ1v) is 8.81. The lowest BCUT2D eigenvalue weighted by atomic mass is 10.1. The highest BCUT2D eigenvalue weighted by Gasteiger charge is 2.25. The number of fused-ring (bicyclic) bond motifs is 1. The molecular weight excluding hydrogens is 280 g/mol. The second-order valence-corrected chi connectivity index (χ2v) is 6.90. The van der Waals surface area contributed by atoms with Crippen molar-refractivity contribution in [2.75, 3.05) is 0 Å². The minimum Gasteiger partial charge on any atom is -0.300 e. The summed E-state index contributed by atoms with van der Waals surface area (Å²) < 4.78 is 2.10. The van der Waals surface area contributed by atoms with Gasteiger partial charge in [-0.3, -0.25) is 5.32 Å². The second kappa shape index (κ2) is 6.28. The molecule has 0 spiro atoms. The van der Waals surface area contributed by atoms with E-state index < -0.39 is 0 Å². The van der Waals surface area contributed by atoms with Gasteiger partial charge in [-0.1, -0.05) is 13.8 Å². The SMILES string of the molecule is CCc1nc2n(n1)CCCC2NC(C)c1ccc(CC)s1. The minimum absolute atomic E-state index is 0.328. The Kier molecular flexibility index (Phi) is 4.40. The van der Waals surface area contributed by atoms with Gasteiger partial charge in [0.25, 0.3) is 0 Å². The van der Waals surface area contributed by atoms with Gasteiger partial charge in [-0.25, -0.2) is 9.67 Å². The van der Waals surface area contributed by atoms with Gasteiger partial charge in [0.15, 0.2) is 5.82 Å². The normalized spacial score (nSPS) is 19.5. The van der Waals surface area contributed by atoms with E-state index in [0.29, 0.717) is 12.1 Å². The zero-order valence-electron chi connectivity index (χ0n) is 13.1. The number of thiophene rings is 1. The number of nitrogens with one attached hydrogen (secondary N) is 1. The number of hydrogen-bond acceptors (Lipinski definition) is 4. The largest absolute Gasteiger partial charge is 0.300 e. The summed E-state index contributed by atoms with van der Waals surface area (Å²) in [6.07, 6.45) is 4.36. The fourth-order valence-corrected chi connectivity index (χ4v) is 3.87. The van der Waals surface area contributed by atoms with Gasteiger partial charge in [0.1, 0.15) is 5.82 Å². The molecule has 1 aliphatic heterocycles. The molecule has 0 saturated heterocycles. The van der Waals surface area contributed by atoms with Crippen molar-refractivity contribution in [3.8, 4) is 0 Å². The molecule has 3 heterocycles. The third kappa shape index (κ3) is 3.04. The van der Waals surface area contributed by atoms with Crippen LogP contribution in [-0.2, 0) is 19.4 Å². The number of rotatable bonds is 5. The van der Waals surface area contributed by atoms with Crippen LogP contribution in [0.2, 0.25) is 0 Å². The number of hydrogen-bond donors (Lipinski definition) is 1. The van der Waals surface area contributed by atoms with Crippen LogP contribution in [-0.4, -0.2) is 14.8 Å². The van der Waals surface area contributed by atoms with E-state index in [-0.39, 0.29) is 0 Å². The van der Waals surface area contributed by atoms with Gasteiger partial charge >= 0.3 is 0 Å². The van der Waals surface area contributed by atoms with Gasteiger partial charge in [-0.2, -0.15) is 5.10 Å². The van der Waals surface area contributed by atoms with E-state index in [1.807, 2.05) is 11.3 Å². The van der Waals surface area contributed by atoms with Crippen LogP contribution >= 0.6 is 11.3 Å². The van der Waals surface area contributed by atoms with Gasteiger partial charge in [0.2, 0.25) is 0 Å². The first-order chi connectivity index (χ1) is 10.2. The molecule has 0 saturated carbocycles. The topological polar surface area (TPSA) is 42.7 Å². The average Bonchev–Trinajstić information content (AvgIpc) is 3.14. The molecule has 0 aliphatic carbocycles. The van der Waals surface area contributed by atoms with Crippen molar-refractivity contribution in [1.82, 2.24) is 20.1 Å². The van der Waals surface area contributed by atoms with Gasteiger partial charge in [0, 0.05) is 28.8 Å². The lowest BCUT2D eigenvalue weighted by Gasteiger charge is -2.26. The molecule has 2 atom stereocenters. The molecule has 21 heavy (non-hydrogen) atoms. The number of aryl methyl sites for hydroxylation is 3. The zero-order chi connectivity index (χ0) is 14.8. The van der Waals surface area contributed by atoms with Crippen LogP contribution in [0.15, 0.2) is 12.1 Å². The molecule has 0 bridgehead atoms. The summed E-state index contributed by atoms with van der Waals surface area (Å²) >= 11 is 1.92. The quantitative estimate of drug-likeness (QED) is 0.917. The Morgan fingerprint density at radius 1 is 1.38 bits per heavy atom. The molecule has 114 valence electrons. The monoisotopic (exact) mass is 304 g/mol. The maximum Gasteiger partial charge on any atom is 0.150 e. The van der Waals surface area contributed by atoms with Crippen molar-refractivity contribution in [3.05, 3.63) is 33.5 Å². The molecular formula is C16H24N4S. The highest BCUT2D eigenvalue weighted by molar-refractivity contribution is 7.12. The Hall–Kier alpha value is -1.20.